The Kier molecular flexibility index (Phi) is 3.59. The lowest BCUT2D eigenvalue weighted by atomic mass is 10.1. The lowest BCUT2D eigenvalue weighted by Gasteiger charge is -2.02. The molecule has 0 fully saturated rings. The zero-order chi connectivity index (χ0) is 14.8. The summed E-state index contributed by atoms with van der Waals surface area (Å²) in [7, 11) is 0. The molecule has 106 valence electrons. The Morgan fingerprint density at radius 1 is 1.14 bits per heavy atom. The molecule has 0 aliphatic rings. The highest BCUT2D eigenvalue weighted by molar-refractivity contribution is 5.77. The molecule has 0 saturated carbocycles. The molecule has 1 heterocycles. The van der Waals surface area contributed by atoms with Crippen molar-refractivity contribution in [2.45, 2.75) is 20.0 Å². The number of hydrogen-bond donors (Lipinski definition) is 1. The molecule has 1 aromatic heterocycles. The summed E-state index contributed by atoms with van der Waals surface area (Å²) in [6.45, 7) is 3.73. The summed E-state index contributed by atoms with van der Waals surface area (Å²) in [6.07, 6.45) is 3.54. The summed E-state index contributed by atoms with van der Waals surface area (Å²) in [6, 6.07) is 13.6. The van der Waals surface area contributed by atoms with Crippen LogP contribution in [-0.2, 0) is 0 Å². The molecule has 0 aliphatic heterocycles. The summed E-state index contributed by atoms with van der Waals surface area (Å²) < 4.78 is 5.80. The zero-order valence-corrected chi connectivity index (χ0v) is 12.1. The number of aromatic nitrogens is 1. The Morgan fingerprint density at radius 2 is 1.90 bits per heavy atom. The number of benzene rings is 2. The molecule has 3 nitrogen and oxygen atoms in total. The molecule has 21 heavy (non-hydrogen) atoms. The van der Waals surface area contributed by atoms with Crippen LogP contribution in [0.3, 0.4) is 0 Å². The highest BCUT2D eigenvalue weighted by atomic mass is 16.3. The number of fused-ring (bicyclic) bond motifs is 1. The number of rotatable bonds is 3. The summed E-state index contributed by atoms with van der Waals surface area (Å²) >= 11 is 0. The maximum atomic E-state index is 9.62. The van der Waals surface area contributed by atoms with Crippen molar-refractivity contribution in [1.29, 1.82) is 0 Å². The zero-order valence-electron chi connectivity index (χ0n) is 12.1. The Bertz CT molecular complexity index is 783. The predicted molar refractivity (Wildman–Crippen MR) is 84.8 cm³/mol. The van der Waals surface area contributed by atoms with Crippen LogP contribution in [0.4, 0.5) is 0 Å². The molecule has 3 heteroatoms. The third-order valence-electron chi connectivity index (χ3n) is 3.41. The second-order valence-electron chi connectivity index (χ2n) is 5.04. The van der Waals surface area contributed by atoms with Gasteiger partial charge in [0.1, 0.15) is 5.52 Å². The molecule has 3 aromatic rings. The molecule has 1 unspecified atom stereocenters. The minimum absolute atomic E-state index is 0.511. The highest BCUT2D eigenvalue weighted by Crippen LogP contribution is 2.26. The number of aliphatic hydroxyl groups is 1. The smallest absolute Gasteiger partial charge is 0.227 e. The van der Waals surface area contributed by atoms with Crippen molar-refractivity contribution in [3.63, 3.8) is 0 Å². The van der Waals surface area contributed by atoms with Crippen molar-refractivity contribution in [3.05, 3.63) is 59.7 Å². The second kappa shape index (κ2) is 5.54. The Hall–Kier alpha value is -2.39. The van der Waals surface area contributed by atoms with Crippen LogP contribution in [0.15, 0.2) is 53.0 Å². The maximum absolute atomic E-state index is 9.62. The van der Waals surface area contributed by atoms with E-state index in [-0.39, 0.29) is 0 Å². The van der Waals surface area contributed by atoms with E-state index in [4.69, 9.17) is 4.42 Å². The van der Waals surface area contributed by atoms with Gasteiger partial charge in [-0.2, -0.15) is 0 Å². The van der Waals surface area contributed by atoms with E-state index in [0.29, 0.717) is 11.5 Å². The van der Waals surface area contributed by atoms with Crippen molar-refractivity contribution < 1.29 is 9.52 Å². The van der Waals surface area contributed by atoms with Crippen LogP contribution in [-0.4, -0.2) is 10.1 Å². The van der Waals surface area contributed by atoms with Gasteiger partial charge in [-0.1, -0.05) is 30.4 Å². The minimum Gasteiger partial charge on any atom is -0.436 e. The summed E-state index contributed by atoms with van der Waals surface area (Å²) in [5.41, 5.74) is 4.41. The molecule has 0 saturated heterocycles. The van der Waals surface area contributed by atoms with Gasteiger partial charge in [0.15, 0.2) is 5.58 Å². The molecule has 1 N–H and O–H groups in total. The predicted octanol–water partition coefficient (Wildman–Crippen LogP) is 4.58. The van der Waals surface area contributed by atoms with Crippen molar-refractivity contribution in [2.24, 2.45) is 0 Å². The molecule has 0 radical (unpaired) electrons. The number of oxazole rings is 1. The molecular formula is C18H17NO2. The average Bonchev–Trinajstić information content (AvgIpc) is 2.91. The normalized spacial score (nSPS) is 13.1. The van der Waals surface area contributed by atoms with Crippen LogP contribution in [0.2, 0.25) is 0 Å². The first-order valence-electron chi connectivity index (χ1n) is 6.99. The Balaban J connectivity index is 2.00. The molecule has 0 aliphatic carbocycles. The van der Waals surface area contributed by atoms with Gasteiger partial charge in [-0.25, -0.2) is 4.98 Å². The van der Waals surface area contributed by atoms with Crippen LogP contribution in [0.25, 0.3) is 28.6 Å². The van der Waals surface area contributed by atoms with Gasteiger partial charge in [-0.3, -0.25) is 0 Å². The van der Waals surface area contributed by atoms with Gasteiger partial charge in [0, 0.05) is 5.56 Å². The van der Waals surface area contributed by atoms with E-state index in [1.807, 2.05) is 61.5 Å². The van der Waals surface area contributed by atoms with E-state index in [0.717, 1.165) is 22.2 Å². The van der Waals surface area contributed by atoms with Gasteiger partial charge >= 0.3 is 0 Å². The van der Waals surface area contributed by atoms with Crippen molar-refractivity contribution in [2.75, 3.05) is 0 Å². The molecule has 3 rings (SSSR count). The summed E-state index contributed by atoms with van der Waals surface area (Å²) in [5.74, 6) is 0.597. The molecule has 0 bridgehead atoms. The van der Waals surface area contributed by atoms with Crippen LogP contribution >= 0.6 is 0 Å². The minimum atomic E-state index is -0.511. The standard InChI is InChI=1S/C18H17NO2/c1-3-4-13-5-7-14(8-6-13)18-19-16-10-9-15(12(2)20)11-17(16)21-18/h3-12,20H,1-2H3/b4-3+. The van der Waals surface area contributed by atoms with Gasteiger partial charge in [0.25, 0.3) is 0 Å². The lowest BCUT2D eigenvalue weighted by Crippen LogP contribution is -1.89. The number of aliphatic hydroxyl groups excluding tert-OH is 1. The largest absolute Gasteiger partial charge is 0.436 e. The van der Waals surface area contributed by atoms with E-state index < -0.39 is 6.10 Å². The third-order valence-corrected chi connectivity index (χ3v) is 3.41. The van der Waals surface area contributed by atoms with Crippen molar-refractivity contribution >= 4 is 17.2 Å². The van der Waals surface area contributed by atoms with Crippen molar-refractivity contribution in [3.8, 4) is 11.5 Å². The Labute approximate surface area is 123 Å². The second-order valence-corrected chi connectivity index (χ2v) is 5.04. The van der Waals surface area contributed by atoms with Gasteiger partial charge in [-0.05, 0) is 49.2 Å². The molecular weight excluding hydrogens is 262 g/mol. The monoisotopic (exact) mass is 279 g/mol. The number of nitrogens with zero attached hydrogens (tertiary/aromatic N) is 1. The van der Waals surface area contributed by atoms with E-state index in [1.54, 1.807) is 6.92 Å². The SMILES string of the molecule is C/C=C/c1ccc(-c2nc3ccc(C(C)O)cc3o2)cc1. The van der Waals surface area contributed by atoms with Gasteiger partial charge in [0.05, 0.1) is 6.10 Å². The maximum Gasteiger partial charge on any atom is 0.227 e. The molecule has 0 spiro atoms. The van der Waals surface area contributed by atoms with E-state index >= 15 is 0 Å². The molecule has 0 amide bonds. The van der Waals surface area contributed by atoms with Crippen LogP contribution in [0.1, 0.15) is 31.1 Å². The number of hydrogen-bond acceptors (Lipinski definition) is 3. The first-order chi connectivity index (χ1) is 10.2. The Morgan fingerprint density at radius 3 is 2.57 bits per heavy atom. The first-order valence-corrected chi connectivity index (χ1v) is 6.99. The fourth-order valence-electron chi connectivity index (χ4n) is 2.25. The van der Waals surface area contributed by atoms with Crippen molar-refractivity contribution in [1.82, 2.24) is 4.98 Å². The van der Waals surface area contributed by atoms with E-state index in [9.17, 15) is 5.11 Å². The lowest BCUT2D eigenvalue weighted by molar-refractivity contribution is 0.199. The van der Waals surface area contributed by atoms with Crippen LogP contribution in [0, 0.1) is 0 Å². The van der Waals surface area contributed by atoms with E-state index in [1.165, 1.54) is 0 Å². The number of allylic oxidation sites excluding steroid dienone is 1. The summed E-state index contributed by atoms with van der Waals surface area (Å²) in [5, 5.41) is 9.62. The molecule has 2 aromatic carbocycles. The van der Waals surface area contributed by atoms with Gasteiger partial charge < -0.3 is 9.52 Å². The van der Waals surface area contributed by atoms with Crippen LogP contribution < -0.4 is 0 Å². The highest BCUT2D eigenvalue weighted by Gasteiger charge is 2.10. The average molecular weight is 279 g/mol. The van der Waals surface area contributed by atoms with Crippen LogP contribution in [0.5, 0.6) is 0 Å². The topological polar surface area (TPSA) is 46.3 Å². The van der Waals surface area contributed by atoms with Gasteiger partial charge in [0.2, 0.25) is 5.89 Å². The first kappa shape index (κ1) is 13.6. The fourth-order valence-corrected chi connectivity index (χ4v) is 2.25. The molecule has 1 atom stereocenters. The van der Waals surface area contributed by atoms with E-state index in [2.05, 4.69) is 4.98 Å². The summed E-state index contributed by atoms with van der Waals surface area (Å²) in [4.78, 5) is 4.49. The van der Waals surface area contributed by atoms with Gasteiger partial charge in [-0.15, -0.1) is 0 Å². The quantitative estimate of drug-likeness (QED) is 0.763. The fraction of sp³-hybridized carbons (Fsp3) is 0.167. The third kappa shape index (κ3) is 2.73.